The van der Waals surface area contributed by atoms with Gasteiger partial charge >= 0.3 is 16.5 Å². The van der Waals surface area contributed by atoms with Crippen LogP contribution in [0.2, 0.25) is 0 Å². The third-order valence-electron chi connectivity index (χ3n) is 21.1. The van der Waals surface area contributed by atoms with Crippen molar-refractivity contribution in [3.05, 3.63) is 172 Å². The third kappa shape index (κ3) is 51.0. The van der Waals surface area contributed by atoms with Gasteiger partial charge in [0.2, 0.25) is 11.4 Å². The predicted molar refractivity (Wildman–Crippen MR) is 471 cm³/mol. The van der Waals surface area contributed by atoms with Gasteiger partial charge in [-0.1, -0.05) is 456 Å². The quantitative estimate of drug-likeness (QED) is 0.0138. The van der Waals surface area contributed by atoms with Crippen LogP contribution in [-0.4, -0.2) is 4.70 Å². The van der Waals surface area contributed by atoms with Crippen molar-refractivity contribution in [3.63, 3.8) is 0 Å². The molecule has 0 saturated carbocycles. The molecule has 0 fully saturated rings. The summed E-state index contributed by atoms with van der Waals surface area (Å²) in [7, 11) is 0. The van der Waals surface area contributed by atoms with Crippen molar-refractivity contribution in [2.75, 3.05) is 0 Å². The van der Waals surface area contributed by atoms with Gasteiger partial charge in [-0.25, -0.2) is 4.70 Å². The Morgan fingerprint density at radius 1 is 0.262 bits per heavy atom. The van der Waals surface area contributed by atoms with Gasteiger partial charge in [0, 0.05) is 70.2 Å². The van der Waals surface area contributed by atoms with Crippen molar-refractivity contribution in [1.29, 1.82) is 0 Å². The summed E-state index contributed by atoms with van der Waals surface area (Å²) < 4.78 is 1.57. The zero-order valence-corrected chi connectivity index (χ0v) is 71.3. The second-order valence-electron chi connectivity index (χ2n) is 31.0. The molecule has 0 saturated heterocycles. The number of rotatable bonds is 58. The molecule has 594 valence electrons. The van der Waals surface area contributed by atoms with Crippen molar-refractivity contribution < 1.29 is 21.2 Å². The number of nitrogens with zero attached hydrogens (tertiary/aromatic N) is 2. The van der Waals surface area contributed by atoms with Gasteiger partial charge in [0.05, 0.1) is 0 Å². The van der Waals surface area contributed by atoms with E-state index in [4.69, 9.17) is 0 Å². The van der Waals surface area contributed by atoms with Crippen LogP contribution < -0.4 is 0 Å². The largest absolute Gasteiger partial charge is 2.00 e. The molecule has 2 nitrogen and oxygen atoms in total. The zero-order chi connectivity index (χ0) is 75.9. The molecule has 4 aromatic carbocycles. The van der Waals surface area contributed by atoms with Gasteiger partial charge in [-0.05, 0) is 87.8 Å². The van der Waals surface area contributed by atoms with E-state index in [1.807, 2.05) is 36.4 Å². The Bertz CT molecular complexity index is 2770. The molecule has 1 aliphatic heterocycles. The minimum absolute atomic E-state index is 0. The SMILES string of the molecule is CCCCCCCCCCCCCCC#Cc1cc(C#CCCCCCCCCCCCCCC)cc(C2=C(CCCC)C(CCCC)=C(c3cc(C#CCCCCCCCCCCCCCC)cc(C#CCCCCCCCCCCCCCC)c3)[N+]2=[N-])c1.[CH2-]Cc1ccccc1.[CH2-]Cc1ccccc1.[Ni+2]. The summed E-state index contributed by atoms with van der Waals surface area (Å²) in [6, 6.07) is 33.9. The molecule has 0 radical (unpaired) electrons. The first-order valence-electron chi connectivity index (χ1n) is 45.3. The van der Waals surface area contributed by atoms with Crippen LogP contribution in [-0.2, 0) is 29.3 Å². The summed E-state index contributed by atoms with van der Waals surface area (Å²) in [5.74, 6) is 29.0. The predicted octanol–water partition coefficient (Wildman–Crippen LogP) is 33.1. The van der Waals surface area contributed by atoms with Gasteiger partial charge in [-0.2, -0.15) is 12.8 Å². The first kappa shape index (κ1) is 97.8. The number of unbranched alkanes of at least 4 members (excludes halogenated alkanes) is 50. The average molecular weight is 1500 g/mol. The van der Waals surface area contributed by atoms with Gasteiger partial charge in [-0.3, -0.25) is 0 Å². The fourth-order valence-electron chi connectivity index (χ4n) is 14.5. The van der Waals surface area contributed by atoms with Crippen LogP contribution in [0.15, 0.2) is 108 Å². The van der Waals surface area contributed by atoms with Crippen molar-refractivity contribution >= 4 is 11.4 Å². The maximum atomic E-state index is 13.1. The minimum Gasteiger partial charge on any atom is -0.493 e. The molecule has 0 spiro atoms. The molecular weight excluding hydrogens is 1340 g/mol. The smallest absolute Gasteiger partial charge is 0.493 e. The molecule has 0 atom stereocenters. The van der Waals surface area contributed by atoms with E-state index in [9.17, 15) is 5.53 Å². The molecule has 3 heteroatoms. The van der Waals surface area contributed by atoms with Crippen molar-refractivity contribution in [1.82, 2.24) is 0 Å². The standard InChI is InChI=1S/C88H140N2.2C8H9.Ni/c1-7-13-19-23-27-31-35-39-43-47-51-55-59-63-67-79-73-80(68-64-60-56-52-48-44-40-36-32-28-24-20-14-8-2)76-83(75-79)87-85(71-17-11-5)86(72-18-12-6)88(90(87)89)84-77-81(69-65-61-57-53-49-45-41-37-33-29-25-21-15-9-3)74-82(78-84)70-66-62-58-54-50-46-42-38-34-30-26-22-16-10-4;2*1-2-8-6-4-3-5-7-8;/h73-78H,7-62,71-72H2,1-6H3;2*3-7H,1-2H2;/q;2*-1;+2. The monoisotopic (exact) mass is 1490 g/mol. The summed E-state index contributed by atoms with van der Waals surface area (Å²) in [5.41, 5.74) is 26.0. The molecule has 1 aliphatic rings. The van der Waals surface area contributed by atoms with Crippen LogP contribution in [0.1, 0.15) is 458 Å². The second kappa shape index (κ2) is 72.2. The van der Waals surface area contributed by atoms with Crippen molar-refractivity contribution in [3.8, 4) is 47.4 Å². The average Bonchev–Trinajstić information content (AvgIpc) is 1.60. The fraction of sp³-hybridized carbons (Fsp3) is 0.635. The van der Waals surface area contributed by atoms with Gasteiger partial charge < -0.3 is 19.4 Å². The molecule has 0 N–H and O–H groups in total. The van der Waals surface area contributed by atoms with Crippen molar-refractivity contribution in [2.45, 2.75) is 427 Å². The molecule has 4 aromatic rings. The fourth-order valence-corrected chi connectivity index (χ4v) is 14.5. The molecule has 0 aliphatic carbocycles. The third-order valence-corrected chi connectivity index (χ3v) is 21.1. The van der Waals surface area contributed by atoms with Crippen LogP contribution in [0.3, 0.4) is 0 Å². The van der Waals surface area contributed by atoms with Gasteiger partial charge in [0.15, 0.2) is 0 Å². The maximum absolute atomic E-state index is 13.1. The van der Waals surface area contributed by atoms with Crippen LogP contribution >= 0.6 is 0 Å². The minimum atomic E-state index is 0. The zero-order valence-electron chi connectivity index (χ0n) is 70.3. The molecule has 0 aromatic heterocycles. The van der Waals surface area contributed by atoms with Crippen LogP contribution in [0, 0.1) is 61.2 Å². The summed E-state index contributed by atoms with van der Waals surface area (Å²) in [4.78, 5) is 0. The number of benzene rings is 4. The Kier molecular flexibility index (Phi) is 66.0. The summed E-state index contributed by atoms with van der Waals surface area (Å²) >= 11 is 0. The van der Waals surface area contributed by atoms with Crippen LogP contribution in [0.5, 0.6) is 0 Å². The molecule has 0 unspecified atom stereocenters. The second-order valence-corrected chi connectivity index (χ2v) is 31.0. The molecular formula is C104H158N2Ni. The number of hydrogen-bond donors (Lipinski definition) is 0. The Morgan fingerprint density at radius 2 is 0.458 bits per heavy atom. The van der Waals surface area contributed by atoms with E-state index in [-0.39, 0.29) is 16.5 Å². The van der Waals surface area contributed by atoms with Crippen molar-refractivity contribution in [2.24, 2.45) is 0 Å². The van der Waals surface area contributed by atoms with E-state index in [2.05, 4.69) is 163 Å². The molecule has 107 heavy (non-hydrogen) atoms. The molecule has 0 amide bonds. The van der Waals surface area contributed by atoms with E-state index in [0.717, 1.165) is 148 Å². The summed E-state index contributed by atoms with van der Waals surface area (Å²) in [5, 5.41) is 0. The van der Waals surface area contributed by atoms with Crippen LogP contribution in [0.25, 0.3) is 16.9 Å². The Balaban J connectivity index is 0.00000201. The van der Waals surface area contributed by atoms with E-state index >= 15 is 0 Å². The van der Waals surface area contributed by atoms with Gasteiger partial charge in [-0.15, -0.1) is 0 Å². The molecule has 0 bridgehead atoms. The normalized spacial score (nSPS) is 11.5. The summed E-state index contributed by atoms with van der Waals surface area (Å²) in [6.07, 6.45) is 76.2. The number of hydrogen-bond acceptors (Lipinski definition) is 0. The van der Waals surface area contributed by atoms with E-state index in [1.54, 1.807) is 4.70 Å². The topological polar surface area (TPSA) is 25.3 Å². The number of allylic oxidation sites excluding steroid dienone is 2. The maximum Gasteiger partial charge on any atom is 2.00 e. The summed E-state index contributed by atoms with van der Waals surface area (Å²) in [6.45, 7) is 21.3. The van der Waals surface area contributed by atoms with Gasteiger partial charge in [0.1, 0.15) is 0 Å². The molecule has 1 heterocycles. The van der Waals surface area contributed by atoms with E-state index < -0.39 is 0 Å². The Morgan fingerprint density at radius 3 is 0.645 bits per heavy atom. The first-order valence-corrected chi connectivity index (χ1v) is 45.3. The molecule has 5 rings (SSSR count). The Hall–Kier alpha value is -5.31. The van der Waals surface area contributed by atoms with Crippen LogP contribution in [0.4, 0.5) is 0 Å². The Labute approximate surface area is 674 Å². The first-order chi connectivity index (χ1) is 52.4. The van der Waals surface area contributed by atoms with Gasteiger partial charge in [0.25, 0.3) is 0 Å². The van der Waals surface area contributed by atoms with E-state index in [0.29, 0.717) is 0 Å². The van der Waals surface area contributed by atoms with E-state index in [1.165, 1.54) is 305 Å².